The van der Waals surface area contributed by atoms with Crippen molar-refractivity contribution in [1.82, 2.24) is 24.7 Å². The summed E-state index contributed by atoms with van der Waals surface area (Å²) in [6, 6.07) is 3.93. The summed E-state index contributed by atoms with van der Waals surface area (Å²) in [5, 5.41) is 5.36. The van der Waals surface area contributed by atoms with E-state index < -0.39 is 0 Å². The molecular formula is C17H22N6. The van der Waals surface area contributed by atoms with Gasteiger partial charge in [-0.15, -0.1) is 0 Å². The third-order valence-corrected chi connectivity index (χ3v) is 3.78. The van der Waals surface area contributed by atoms with Crippen LogP contribution >= 0.6 is 0 Å². The van der Waals surface area contributed by atoms with Gasteiger partial charge < -0.3 is 5.73 Å². The normalized spacial score (nSPS) is 11.7. The maximum atomic E-state index is 6.17. The van der Waals surface area contributed by atoms with Gasteiger partial charge in [0.25, 0.3) is 0 Å². The minimum Gasteiger partial charge on any atom is -0.382 e. The molecule has 0 bridgehead atoms. The fourth-order valence-electron chi connectivity index (χ4n) is 2.59. The monoisotopic (exact) mass is 310 g/mol. The first kappa shape index (κ1) is 15.4. The Balaban J connectivity index is 2.19. The predicted molar refractivity (Wildman–Crippen MR) is 91.3 cm³/mol. The van der Waals surface area contributed by atoms with Crippen LogP contribution in [0.2, 0.25) is 0 Å². The molecule has 0 amide bonds. The maximum absolute atomic E-state index is 6.17. The zero-order valence-electron chi connectivity index (χ0n) is 14.0. The molecule has 0 aliphatic rings. The van der Waals surface area contributed by atoms with Gasteiger partial charge in [-0.25, -0.2) is 14.6 Å². The van der Waals surface area contributed by atoms with Crippen LogP contribution in [-0.4, -0.2) is 24.7 Å². The Bertz CT molecular complexity index is 820. The number of nitrogens with two attached hydrogens (primary N) is 1. The summed E-state index contributed by atoms with van der Waals surface area (Å²) in [7, 11) is 0. The zero-order chi connectivity index (χ0) is 16.6. The Labute approximate surface area is 135 Å². The summed E-state index contributed by atoms with van der Waals surface area (Å²) in [5.74, 6) is 1.83. The van der Waals surface area contributed by atoms with Crippen LogP contribution in [0.15, 0.2) is 24.5 Å². The average molecular weight is 310 g/mol. The zero-order valence-corrected chi connectivity index (χ0v) is 14.0. The lowest BCUT2D eigenvalue weighted by atomic mass is 10.1. The molecule has 0 fully saturated rings. The van der Waals surface area contributed by atoms with Gasteiger partial charge in [-0.05, 0) is 17.5 Å². The molecule has 0 saturated carbocycles. The van der Waals surface area contributed by atoms with Crippen LogP contribution < -0.4 is 5.73 Å². The molecular weight excluding hydrogens is 288 g/mol. The van der Waals surface area contributed by atoms with E-state index in [9.17, 15) is 0 Å². The third-order valence-electron chi connectivity index (χ3n) is 3.78. The van der Waals surface area contributed by atoms with Crippen LogP contribution in [0.3, 0.4) is 0 Å². The van der Waals surface area contributed by atoms with Gasteiger partial charge in [0.05, 0.1) is 17.6 Å². The first-order valence-electron chi connectivity index (χ1n) is 7.90. The highest BCUT2D eigenvalue weighted by atomic mass is 15.3. The Hall–Kier alpha value is -2.50. The number of pyridine rings is 1. The van der Waals surface area contributed by atoms with Crippen molar-refractivity contribution in [2.75, 3.05) is 5.73 Å². The van der Waals surface area contributed by atoms with Crippen LogP contribution in [-0.2, 0) is 6.54 Å². The van der Waals surface area contributed by atoms with Crippen molar-refractivity contribution in [1.29, 1.82) is 0 Å². The standard InChI is InChI=1S/C17H22N6/c1-10(2)14-13-15(18)22-23(9-12-6-5-7-19-8-12)17(13)21-16(20-14)11(3)4/h5-8,10-11H,9H2,1-4H3,(H2,18,22). The van der Waals surface area contributed by atoms with Gasteiger partial charge in [-0.3, -0.25) is 4.98 Å². The molecule has 2 N–H and O–H groups in total. The quantitative estimate of drug-likeness (QED) is 0.800. The maximum Gasteiger partial charge on any atom is 0.164 e. The molecule has 0 saturated heterocycles. The van der Waals surface area contributed by atoms with E-state index in [0.29, 0.717) is 12.4 Å². The number of rotatable bonds is 4. The average Bonchev–Trinajstić information content (AvgIpc) is 2.83. The molecule has 3 aromatic heterocycles. The fraction of sp³-hybridized carbons (Fsp3) is 0.412. The van der Waals surface area contributed by atoms with Crippen molar-refractivity contribution in [2.24, 2.45) is 0 Å². The first-order valence-corrected chi connectivity index (χ1v) is 7.90. The number of anilines is 1. The highest BCUT2D eigenvalue weighted by Gasteiger charge is 2.20. The number of nitrogens with zero attached hydrogens (tertiary/aromatic N) is 5. The van der Waals surface area contributed by atoms with Crippen LogP contribution in [0.5, 0.6) is 0 Å². The summed E-state index contributed by atoms with van der Waals surface area (Å²) in [5.41, 5.74) is 9.00. The van der Waals surface area contributed by atoms with E-state index in [1.165, 1.54) is 0 Å². The highest BCUT2D eigenvalue weighted by molar-refractivity contribution is 5.89. The van der Waals surface area contributed by atoms with Crippen LogP contribution in [0.1, 0.15) is 56.6 Å². The molecule has 0 spiro atoms. The molecule has 0 aliphatic heterocycles. The minimum absolute atomic E-state index is 0.250. The van der Waals surface area contributed by atoms with Crippen molar-refractivity contribution < 1.29 is 0 Å². The smallest absolute Gasteiger partial charge is 0.164 e. The van der Waals surface area contributed by atoms with E-state index in [-0.39, 0.29) is 11.8 Å². The van der Waals surface area contributed by atoms with Gasteiger partial charge in [0.2, 0.25) is 0 Å². The Morgan fingerprint density at radius 2 is 1.91 bits per heavy atom. The van der Waals surface area contributed by atoms with Gasteiger partial charge in [0, 0.05) is 18.3 Å². The van der Waals surface area contributed by atoms with E-state index in [4.69, 9.17) is 15.7 Å². The van der Waals surface area contributed by atoms with Crippen molar-refractivity contribution in [3.8, 4) is 0 Å². The lowest BCUT2D eigenvalue weighted by Gasteiger charge is -2.11. The van der Waals surface area contributed by atoms with E-state index in [1.807, 2.05) is 23.0 Å². The van der Waals surface area contributed by atoms with Crippen molar-refractivity contribution in [3.05, 3.63) is 41.6 Å². The van der Waals surface area contributed by atoms with Gasteiger partial charge in [-0.2, -0.15) is 5.10 Å². The molecule has 0 unspecified atom stereocenters. The molecule has 120 valence electrons. The van der Waals surface area contributed by atoms with E-state index in [2.05, 4.69) is 37.8 Å². The topological polar surface area (TPSA) is 82.5 Å². The summed E-state index contributed by atoms with van der Waals surface area (Å²) in [4.78, 5) is 13.6. The number of aromatic nitrogens is 5. The first-order chi connectivity index (χ1) is 11.0. The largest absolute Gasteiger partial charge is 0.382 e. The molecule has 0 aliphatic carbocycles. The molecule has 0 radical (unpaired) electrons. The number of hydrogen-bond donors (Lipinski definition) is 1. The summed E-state index contributed by atoms with van der Waals surface area (Å²) in [6.07, 6.45) is 3.59. The number of fused-ring (bicyclic) bond motifs is 1. The van der Waals surface area contributed by atoms with Gasteiger partial charge >= 0.3 is 0 Å². The minimum atomic E-state index is 0.250. The Kier molecular flexibility index (Phi) is 3.98. The number of nitrogen functional groups attached to an aromatic ring is 1. The second-order valence-corrected chi connectivity index (χ2v) is 6.38. The molecule has 23 heavy (non-hydrogen) atoms. The second kappa shape index (κ2) is 5.95. The lowest BCUT2D eigenvalue weighted by molar-refractivity contribution is 0.691. The lowest BCUT2D eigenvalue weighted by Crippen LogP contribution is -2.08. The molecule has 3 heterocycles. The van der Waals surface area contributed by atoms with Crippen LogP contribution in [0.25, 0.3) is 11.0 Å². The molecule has 6 nitrogen and oxygen atoms in total. The van der Waals surface area contributed by atoms with E-state index >= 15 is 0 Å². The van der Waals surface area contributed by atoms with Crippen LogP contribution in [0, 0.1) is 0 Å². The van der Waals surface area contributed by atoms with Gasteiger partial charge in [0.1, 0.15) is 5.82 Å². The molecule has 0 aromatic carbocycles. The van der Waals surface area contributed by atoms with E-state index in [0.717, 1.165) is 28.1 Å². The third kappa shape index (κ3) is 2.88. The molecule has 0 atom stereocenters. The van der Waals surface area contributed by atoms with Crippen molar-refractivity contribution in [2.45, 2.75) is 46.1 Å². The van der Waals surface area contributed by atoms with Crippen molar-refractivity contribution >= 4 is 16.9 Å². The second-order valence-electron chi connectivity index (χ2n) is 6.38. The predicted octanol–water partition coefficient (Wildman–Crippen LogP) is 3.10. The summed E-state index contributed by atoms with van der Waals surface area (Å²) in [6.45, 7) is 9.01. The molecule has 6 heteroatoms. The SMILES string of the molecule is CC(C)c1nc(C(C)C)c2c(N)nn(Cc3cccnc3)c2n1. The highest BCUT2D eigenvalue weighted by Crippen LogP contribution is 2.29. The summed E-state index contributed by atoms with van der Waals surface area (Å²) >= 11 is 0. The van der Waals surface area contributed by atoms with Gasteiger partial charge in [-0.1, -0.05) is 33.8 Å². The number of hydrogen-bond acceptors (Lipinski definition) is 5. The van der Waals surface area contributed by atoms with Crippen LogP contribution in [0.4, 0.5) is 5.82 Å². The Morgan fingerprint density at radius 3 is 2.52 bits per heavy atom. The Morgan fingerprint density at radius 1 is 1.13 bits per heavy atom. The van der Waals surface area contributed by atoms with Gasteiger partial charge in [0.15, 0.2) is 11.5 Å². The molecule has 3 rings (SSSR count). The fourth-order valence-corrected chi connectivity index (χ4v) is 2.59. The van der Waals surface area contributed by atoms with E-state index in [1.54, 1.807) is 6.20 Å². The summed E-state index contributed by atoms with van der Waals surface area (Å²) < 4.78 is 1.85. The van der Waals surface area contributed by atoms with Crippen molar-refractivity contribution in [3.63, 3.8) is 0 Å². The molecule has 3 aromatic rings.